The number of hydrogen-bond acceptors (Lipinski definition) is 4. The van der Waals surface area contributed by atoms with Crippen molar-refractivity contribution in [2.24, 2.45) is 5.73 Å². The molecular formula is C15H16N2O3S. The molecule has 0 saturated heterocycles. The monoisotopic (exact) mass is 304 g/mol. The third-order valence-electron chi connectivity index (χ3n) is 2.99. The number of aliphatic hydroxyl groups is 1. The van der Waals surface area contributed by atoms with Crippen LogP contribution in [0, 0.1) is 0 Å². The quantitative estimate of drug-likeness (QED) is 0.748. The Morgan fingerprint density at radius 1 is 1.29 bits per heavy atom. The molecule has 1 atom stereocenters. The van der Waals surface area contributed by atoms with Crippen LogP contribution in [0.15, 0.2) is 41.8 Å². The first-order valence-electron chi connectivity index (χ1n) is 6.44. The lowest BCUT2D eigenvalue weighted by molar-refractivity contribution is 0.0920. The van der Waals surface area contributed by atoms with Gasteiger partial charge < -0.3 is 16.2 Å². The molecule has 0 radical (unpaired) electrons. The van der Waals surface area contributed by atoms with E-state index in [9.17, 15) is 14.7 Å². The van der Waals surface area contributed by atoms with E-state index in [0.717, 1.165) is 16.9 Å². The minimum Gasteiger partial charge on any atom is -0.394 e. The second kappa shape index (κ2) is 7.01. The van der Waals surface area contributed by atoms with Crippen molar-refractivity contribution in [1.82, 2.24) is 5.32 Å². The van der Waals surface area contributed by atoms with Gasteiger partial charge in [0.25, 0.3) is 5.91 Å². The fourth-order valence-corrected chi connectivity index (χ4v) is 2.70. The molecule has 1 aromatic heterocycles. The Labute approximate surface area is 126 Å². The zero-order chi connectivity index (χ0) is 15.2. The van der Waals surface area contributed by atoms with Crippen molar-refractivity contribution in [3.63, 3.8) is 0 Å². The predicted octanol–water partition coefficient (Wildman–Crippen LogP) is 1.18. The number of amides is 2. The number of hydrogen-bond donors (Lipinski definition) is 3. The fourth-order valence-electron chi connectivity index (χ4n) is 1.90. The molecule has 110 valence electrons. The summed E-state index contributed by atoms with van der Waals surface area (Å²) in [6.45, 7) is -0.158. The molecule has 2 aromatic rings. The van der Waals surface area contributed by atoms with Crippen LogP contribution in [0.2, 0.25) is 0 Å². The molecule has 1 aromatic carbocycles. The van der Waals surface area contributed by atoms with Gasteiger partial charge in [0, 0.05) is 5.38 Å². The van der Waals surface area contributed by atoms with Crippen LogP contribution in [0.1, 0.15) is 25.6 Å². The summed E-state index contributed by atoms with van der Waals surface area (Å²) in [7, 11) is 0. The third-order valence-corrected chi connectivity index (χ3v) is 3.92. The van der Waals surface area contributed by atoms with Gasteiger partial charge in [-0.3, -0.25) is 9.59 Å². The highest BCUT2D eigenvalue weighted by molar-refractivity contribution is 7.12. The van der Waals surface area contributed by atoms with Crippen LogP contribution in [-0.2, 0) is 6.42 Å². The Balaban J connectivity index is 2.00. The average molecular weight is 304 g/mol. The van der Waals surface area contributed by atoms with Crippen LogP contribution in [-0.4, -0.2) is 29.6 Å². The zero-order valence-corrected chi connectivity index (χ0v) is 12.1. The molecule has 4 N–H and O–H groups in total. The van der Waals surface area contributed by atoms with Crippen LogP contribution < -0.4 is 11.1 Å². The van der Waals surface area contributed by atoms with Gasteiger partial charge in [-0.1, -0.05) is 30.3 Å². The Bertz CT molecular complexity index is 625. The molecule has 0 spiro atoms. The molecule has 6 heteroatoms. The molecule has 21 heavy (non-hydrogen) atoms. The lowest BCUT2D eigenvalue weighted by Gasteiger charge is -2.15. The predicted molar refractivity (Wildman–Crippen MR) is 81.3 cm³/mol. The second-order valence-electron chi connectivity index (χ2n) is 4.61. The number of rotatable bonds is 6. The standard InChI is InChI=1S/C15H16N2O3S/c16-14(19)11-7-13(21-9-11)15(20)17-12(8-18)6-10-4-2-1-3-5-10/h1-5,7,9,12,18H,6,8H2,(H2,16,19)(H,17,20). The summed E-state index contributed by atoms with van der Waals surface area (Å²) >= 11 is 1.15. The Morgan fingerprint density at radius 3 is 2.57 bits per heavy atom. The summed E-state index contributed by atoms with van der Waals surface area (Å²) in [5.74, 6) is -0.879. The topological polar surface area (TPSA) is 92.4 Å². The van der Waals surface area contributed by atoms with Gasteiger partial charge in [0.2, 0.25) is 5.91 Å². The van der Waals surface area contributed by atoms with Crippen LogP contribution in [0.3, 0.4) is 0 Å². The Morgan fingerprint density at radius 2 is 2.00 bits per heavy atom. The molecule has 0 fully saturated rings. The highest BCUT2D eigenvalue weighted by Gasteiger charge is 2.16. The highest BCUT2D eigenvalue weighted by Crippen LogP contribution is 2.14. The smallest absolute Gasteiger partial charge is 0.261 e. The number of aliphatic hydroxyl groups excluding tert-OH is 1. The largest absolute Gasteiger partial charge is 0.394 e. The summed E-state index contributed by atoms with van der Waals surface area (Å²) in [4.78, 5) is 23.5. The minimum absolute atomic E-state index is 0.158. The first-order valence-corrected chi connectivity index (χ1v) is 7.32. The van der Waals surface area contributed by atoms with Gasteiger partial charge in [-0.15, -0.1) is 11.3 Å². The van der Waals surface area contributed by atoms with Gasteiger partial charge >= 0.3 is 0 Å². The molecule has 1 heterocycles. The number of thiophene rings is 1. The van der Waals surface area contributed by atoms with Crippen LogP contribution in [0.25, 0.3) is 0 Å². The first-order chi connectivity index (χ1) is 10.1. The molecular weight excluding hydrogens is 288 g/mol. The average Bonchev–Trinajstić information content (AvgIpc) is 2.97. The van der Waals surface area contributed by atoms with E-state index in [4.69, 9.17) is 5.73 Å². The van der Waals surface area contributed by atoms with Crippen LogP contribution >= 0.6 is 11.3 Å². The van der Waals surface area contributed by atoms with Gasteiger partial charge in [0.15, 0.2) is 0 Å². The molecule has 2 rings (SSSR count). The SMILES string of the molecule is NC(=O)c1csc(C(=O)NC(CO)Cc2ccccc2)c1. The number of benzene rings is 1. The van der Waals surface area contributed by atoms with Crippen molar-refractivity contribution in [2.75, 3.05) is 6.61 Å². The van der Waals surface area contributed by atoms with Crippen molar-refractivity contribution in [3.8, 4) is 0 Å². The van der Waals surface area contributed by atoms with Gasteiger partial charge in [-0.05, 0) is 18.1 Å². The second-order valence-corrected chi connectivity index (χ2v) is 5.52. The molecule has 0 bridgehead atoms. The maximum absolute atomic E-state index is 12.1. The third kappa shape index (κ3) is 4.14. The number of primary amides is 1. The highest BCUT2D eigenvalue weighted by atomic mass is 32.1. The van der Waals surface area contributed by atoms with E-state index >= 15 is 0 Å². The number of carbonyl (C=O) groups excluding carboxylic acids is 2. The van der Waals surface area contributed by atoms with Crippen molar-refractivity contribution >= 4 is 23.2 Å². The van der Waals surface area contributed by atoms with Gasteiger partial charge in [-0.2, -0.15) is 0 Å². The first kappa shape index (κ1) is 15.2. The molecule has 0 aliphatic heterocycles. The summed E-state index contributed by atoms with van der Waals surface area (Å²) in [6, 6.07) is 10.7. The lowest BCUT2D eigenvalue weighted by Crippen LogP contribution is -2.38. The van der Waals surface area contributed by atoms with E-state index in [0.29, 0.717) is 16.9 Å². The van der Waals surface area contributed by atoms with E-state index in [1.54, 1.807) is 5.38 Å². The number of nitrogens with one attached hydrogen (secondary N) is 1. The summed E-state index contributed by atoms with van der Waals surface area (Å²) in [5, 5.41) is 13.7. The van der Waals surface area contributed by atoms with Crippen LogP contribution in [0.4, 0.5) is 0 Å². The summed E-state index contributed by atoms with van der Waals surface area (Å²) in [5.41, 5.74) is 6.50. The summed E-state index contributed by atoms with van der Waals surface area (Å²) in [6.07, 6.45) is 0.539. The maximum atomic E-state index is 12.1. The number of carbonyl (C=O) groups is 2. The summed E-state index contributed by atoms with van der Waals surface area (Å²) < 4.78 is 0. The molecule has 0 aliphatic carbocycles. The van der Waals surface area contributed by atoms with Crippen LogP contribution in [0.5, 0.6) is 0 Å². The fraction of sp³-hybridized carbons (Fsp3) is 0.200. The maximum Gasteiger partial charge on any atom is 0.261 e. The lowest BCUT2D eigenvalue weighted by atomic mass is 10.1. The molecule has 0 saturated carbocycles. The molecule has 2 amide bonds. The number of nitrogens with two attached hydrogens (primary N) is 1. The van der Waals surface area contributed by atoms with Crippen molar-refractivity contribution in [2.45, 2.75) is 12.5 Å². The van der Waals surface area contributed by atoms with Gasteiger partial charge in [0.05, 0.1) is 23.1 Å². The van der Waals surface area contributed by atoms with Crippen molar-refractivity contribution in [3.05, 3.63) is 57.8 Å². The molecule has 5 nitrogen and oxygen atoms in total. The van der Waals surface area contributed by atoms with Crippen molar-refractivity contribution < 1.29 is 14.7 Å². The van der Waals surface area contributed by atoms with Crippen molar-refractivity contribution in [1.29, 1.82) is 0 Å². The van der Waals surface area contributed by atoms with E-state index in [-0.39, 0.29) is 18.6 Å². The minimum atomic E-state index is -0.562. The Kier molecular flexibility index (Phi) is 5.08. The van der Waals surface area contributed by atoms with Gasteiger partial charge in [-0.25, -0.2) is 0 Å². The van der Waals surface area contributed by atoms with Gasteiger partial charge in [0.1, 0.15) is 0 Å². The Hall–Kier alpha value is -2.18. The van der Waals surface area contributed by atoms with E-state index in [2.05, 4.69) is 5.32 Å². The molecule has 1 unspecified atom stereocenters. The zero-order valence-electron chi connectivity index (χ0n) is 11.3. The van der Waals surface area contributed by atoms with E-state index in [1.165, 1.54) is 6.07 Å². The molecule has 0 aliphatic rings. The van der Waals surface area contributed by atoms with E-state index < -0.39 is 5.91 Å². The van der Waals surface area contributed by atoms with E-state index in [1.807, 2.05) is 30.3 Å². The normalized spacial score (nSPS) is 11.9.